The molecule has 0 fully saturated rings. The molecule has 52 heavy (non-hydrogen) atoms. The van der Waals surface area contributed by atoms with E-state index in [2.05, 4.69) is 0 Å². The molecule has 0 spiro atoms. The van der Waals surface area contributed by atoms with Crippen molar-refractivity contribution in [2.75, 3.05) is 22.9 Å². The number of benzene rings is 4. The molecule has 0 aliphatic heterocycles. The van der Waals surface area contributed by atoms with Crippen molar-refractivity contribution in [3.05, 3.63) is 94.0 Å². The zero-order valence-electron chi connectivity index (χ0n) is 24.9. The number of hydrogen-bond acceptors (Lipinski definition) is 4. The number of rotatable bonds is 2. The van der Waals surface area contributed by atoms with Gasteiger partial charge in [-0.15, -0.1) is 0 Å². The van der Waals surface area contributed by atoms with Gasteiger partial charge in [0.25, 0.3) is 0 Å². The Morgan fingerprint density at radius 1 is 0.288 bits per heavy atom. The Bertz CT molecular complexity index is 1910. The quantitative estimate of drug-likeness (QED) is 0.120. The first-order valence-electron chi connectivity index (χ1n) is 13.3. The molecule has 0 aromatic heterocycles. The van der Waals surface area contributed by atoms with E-state index in [9.17, 15) is 79.0 Å². The minimum atomic E-state index is -5.38. The standard InChI is InChI=1S/2C15H9F9N2/c16-13(17,18)9-3-6(25)1-2-8(9)12-10(14(19,20)21)4-7(26)5-11(12)15(22,23)24;16-13(17,18)9-3-6(25)1-2-7(9)8-4-11(15(22,23)24)12(26)5-10(8)14(19,20)21/h2*1-5H,25-26H2. The second-order valence-electron chi connectivity index (χ2n) is 10.6. The lowest BCUT2D eigenvalue weighted by atomic mass is 9.89. The predicted octanol–water partition coefficient (Wildman–Crippen LogP) is 11.1. The van der Waals surface area contributed by atoms with Crippen LogP contribution in [0.3, 0.4) is 0 Å². The molecule has 4 nitrogen and oxygen atoms in total. The van der Waals surface area contributed by atoms with Crippen molar-refractivity contribution in [1.82, 2.24) is 0 Å². The van der Waals surface area contributed by atoms with Crippen LogP contribution in [-0.4, -0.2) is 0 Å². The third-order valence-electron chi connectivity index (χ3n) is 6.83. The maximum absolute atomic E-state index is 13.3. The second-order valence-corrected chi connectivity index (χ2v) is 10.6. The summed E-state index contributed by atoms with van der Waals surface area (Å²) in [5.41, 5.74) is 1.61. The Labute approximate surface area is 278 Å². The smallest absolute Gasteiger partial charge is 0.399 e. The lowest BCUT2D eigenvalue weighted by Gasteiger charge is -2.22. The minimum absolute atomic E-state index is 0.0331. The van der Waals surface area contributed by atoms with E-state index >= 15 is 0 Å². The number of alkyl halides is 18. The summed E-state index contributed by atoms with van der Waals surface area (Å²) in [6, 6.07) is 3.53. The number of hydrogen-bond donors (Lipinski definition) is 4. The molecule has 4 aromatic rings. The zero-order valence-corrected chi connectivity index (χ0v) is 24.9. The van der Waals surface area contributed by atoms with E-state index in [1.807, 2.05) is 0 Å². The Morgan fingerprint density at radius 2 is 0.596 bits per heavy atom. The molecule has 8 N–H and O–H groups in total. The predicted molar refractivity (Wildman–Crippen MR) is 151 cm³/mol. The van der Waals surface area contributed by atoms with Crippen LogP contribution in [0.25, 0.3) is 22.3 Å². The summed E-state index contributed by atoms with van der Waals surface area (Å²) in [7, 11) is 0. The molecule has 0 aliphatic rings. The molecule has 0 saturated carbocycles. The third-order valence-corrected chi connectivity index (χ3v) is 6.83. The largest absolute Gasteiger partial charge is 0.418 e. The van der Waals surface area contributed by atoms with Crippen LogP contribution in [0.5, 0.6) is 0 Å². The molecule has 0 atom stereocenters. The van der Waals surface area contributed by atoms with Gasteiger partial charge in [-0.1, -0.05) is 12.1 Å². The highest BCUT2D eigenvalue weighted by atomic mass is 19.4. The van der Waals surface area contributed by atoms with Gasteiger partial charge in [0.05, 0.1) is 33.4 Å². The molecule has 0 unspecified atom stereocenters. The van der Waals surface area contributed by atoms with Gasteiger partial charge in [0.1, 0.15) is 0 Å². The summed E-state index contributed by atoms with van der Waals surface area (Å²) >= 11 is 0. The molecule has 22 heteroatoms. The van der Waals surface area contributed by atoms with Crippen LogP contribution < -0.4 is 22.9 Å². The lowest BCUT2D eigenvalue weighted by Crippen LogP contribution is -2.17. The minimum Gasteiger partial charge on any atom is -0.399 e. The molecule has 0 saturated heterocycles. The summed E-state index contributed by atoms with van der Waals surface area (Å²) in [5.74, 6) is 0. The van der Waals surface area contributed by atoms with E-state index in [1.165, 1.54) is 0 Å². The van der Waals surface area contributed by atoms with Gasteiger partial charge in [-0.05, 0) is 65.2 Å². The topological polar surface area (TPSA) is 104 Å². The van der Waals surface area contributed by atoms with Crippen LogP contribution in [0.1, 0.15) is 33.4 Å². The van der Waals surface area contributed by atoms with E-state index in [0.29, 0.717) is 18.2 Å². The summed E-state index contributed by atoms with van der Waals surface area (Å²) in [4.78, 5) is 0. The number of nitrogens with two attached hydrogens (primary N) is 4. The summed E-state index contributed by atoms with van der Waals surface area (Å²) in [6.07, 6.45) is -31.5. The monoisotopic (exact) mass is 776 g/mol. The van der Waals surface area contributed by atoms with Crippen molar-refractivity contribution in [3.63, 3.8) is 0 Å². The van der Waals surface area contributed by atoms with Crippen LogP contribution in [-0.2, 0) is 37.1 Å². The summed E-state index contributed by atoms with van der Waals surface area (Å²) in [5, 5.41) is 0. The highest BCUT2D eigenvalue weighted by Gasteiger charge is 2.45. The first-order chi connectivity index (χ1) is 23.2. The van der Waals surface area contributed by atoms with Crippen molar-refractivity contribution in [2.45, 2.75) is 37.1 Å². The van der Waals surface area contributed by atoms with Gasteiger partial charge in [-0.2, -0.15) is 79.0 Å². The second kappa shape index (κ2) is 13.4. The molecule has 4 rings (SSSR count). The molecule has 0 radical (unpaired) electrons. The van der Waals surface area contributed by atoms with Gasteiger partial charge in [0.15, 0.2) is 0 Å². The maximum Gasteiger partial charge on any atom is 0.418 e. The fourth-order valence-corrected chi connectivity index (χ4v) is 4.77. The zero-order chi connectivity index (χ0) is 40.2. The highest BCUT2D eigenvalue weighted by molar-refractivity contribution is 5.80. The van der Waals surface area contributed by atoms with Gasteiger partial charge in [-0.25, -0.2) is 0 Å². The van der Waals surface area contributed by atoms with E-state index in [4.69, 9.17) is 22.9 Å². The van der Waals surface area contributed by atoms with Crippen molar-refractivity contribution in [3.8, 4) is 22.3 Å². The van der Waals surface area contributed by atoms with E-state index in [-0.39, 0.29) is 30.3 Å². The van der Waals surface area contributed by atoms with Crippen LogP contribution >= 0.6 is 0 Å². The molecule has 0 bridgehead atoms. The van der Waals surface area contributed by atoms with E-state index in [1.54, 1.807) is 0 Å². The molecular weight excluding hydrogens is 758 g/mol. The number of nitrogen functional groups attached to an aromatic ring is 4. The Kier molecular flexibility index (Phi) is 10.6. The van der Waals surface area contributed by atoms with Crippen LogP contribution in [0.15, 0.2) is 60.7 Å². The van der Waals surface area contributed by atoms with Gasteiger partial charge in [0.2, 0.25) is 0 Å². The molecule has 4 aromatic carbocycles. The van der Waals surface area contributed by atoms with E-state index < -0.39 is 115 Å². The van der Waals surface area contributed by atoms with Crippen LogP contribution in [0.4, 0.5) is 102 Å². The average molecular weight is 776 g/mol. The van der Waals surface area contributed by atoms with Gasteiger partial charge < -0.3 is 22.9 Å². The molecule has 0 amide bonds. The number of halogens is 18. The van der Waals surface area contributed by atoms with E-state index in [0.717, 1.165) is 12.1 Å². The first kappa shape index (κ1) is 41.2. The maximum atomic E-state index is 13.3. The molecular formula is C30H18F18N4. The summed E-state index contributed by atoms with van der Waals surface area (Å²) < 4.78 is 237. The van der Waals surface area contributed by atoms with Crippen LogP contribution in [0, 0.1) is 0 Å². The Hall–Kier alpha value is -5.18. The molecule has 0 aliphatic carbocycles. The normalized spacial score (nSPS) is 13.1. The Morgan fingerprint density at radius 3 is 0.962 bits per heavy atom. The van der Waals surface area contributed by atoms with Gasteiger partial charge >= 0.3 is 37.1 Å². The van der Waals surface area contributed by atoms with Crippen molar-refractivity contribution >= 4 is 22.7 Å². The Balaban J connectivity index is 0.000000280. The number of anilines is 4. The lowest BCUT2D eigenvalue weighted by molar-refractivity contribution is -0.143. The van der Waals surface area contributed by atoms with Crippen molar-refractivity contribution in [1.29, 1.82) is 0 Å². The highest BCUT2D eigenvalue weighted by Crippen LogP contribution is 2.50. The van der Waals surface area contributed by atoms with Gasteiger partial charge in [0, 0.05) is 28.3 Å². The molecule has 284 valence electrons. The fraction of sp³-hybridized carbons (Fsp3) is 0.200. The third kappa shape index (κ3) is 9.18. The SMILES string of the molecule is Nc1ccc(-c2c(C(F)(F)F)cc(N)cc2C(F)(F)F)c(C(F)(F)F)c1.Nc1ccc(-c2cc(C(F)(F)F)c(N)cc2C(F)(F)F)c(C(F)(F)F)c1. The first-order valence-corrected chi connectivity index (χ1v) is 13.3. The van der Waals surface area contributed by atoms with Crippen molar-refractivity contribution < 1.29 is 79.0 Å². The van der Waals surface area contributed by atoms with Gasteiger partial charge in [-0.3, -0.25) is 0 Å². The molecule has 0 heterocycles. The average Bonchev–Trinajstić information content (AvgIpc) is 2.94. The van der Waals surface area contributed by atoms with Crippen LogP contribution in [0.2, 0.25) is 0 Å². The van der Waals surface area contributed by atoms with Crippen molar-refractivity contribution in [2.24, 2.45) is 0 Å². The fourth-order valence-electron chi connectivity index (χ4n) is 4.77. The summed E-state index contributed by atoms with van der Waals surface area (Å²) in [6.45, 7) is 0.